The molecule has 0 unspecified atom stereocenters. The fourth-order valence-electron chi connectivity index (χ4n) is 4.53. The van der Waals surface area contributed by atoms with E-state index in [2.05, 4.69) is 15.2 Å². The lowest BCUT2D eigenvalue weighted by molar-refractivity contribution is -0.122. The summed E-state index contributed by atoms with van der Waals surface area (Å²) in [6, 6.07) is 7.63. The van der Waals surface area contributed by atoms with Crippen molar-refractivity contribution in [2.24, 2.45) is 0 Å². The number of benzene rings is 1. The van der Waals surface area contributed by atoms with Crippen molar-refractivity contribution in [1.29, 1.82) is 0 Å². The molecule has 164 valence electrons. The number of nitrogens with one attached hydrogen (secondary N) is 1. The first-order valence-corrected chi connectivity index (χ1v) is 11.2. The molecule has 6 nitrogen and oxygen atoms in total. The van der Waals surface area contributed by atoms with Gasteiger partial charge in [0.2, 0.25) is 5.91 Å². The van der Waals surface area contributed by atoms with Gasteiger partial charge < -0.3 is 14.8 Å². The van der Waals surface area contributed by atoms with Crippen molar-refractivity contribution in [2.45, 2.75) is 44.9 Å². The van der Waals surface area contributed by atoms with E-state index in [9.17, 15) is 9.59 Å². The van der Waals surface area contributed by atoms with Gasteiger partial charge in [-0.15, -0.1) is 0 Å². The number of amides is 1. The standard InChI is InChI=1S/C24H28ClN3O3/c1-16(29)3-4-18-13-20(15-26-17(18)2)31-12-11-28-9-7-24(8-10-28)21-14-19(25)5-6-22(21)27-23(24)30/h5-6,13-15H,3-4,7-12H2,1-2H3,(H,27,30). The van der Waals surface area contributed by atoms with Gasteiger partial charge in [0.1, 0.15) is 18.1 Å². The number of aryl methyl sites for hydroxylation is 2. The molecule has 2 aliphatic heterocycles. The number of halogens is 1. The number of nitrogens with zero attached hydrogens (tertiary/aromatic N) is 2. The first-order chi connectivity index (χ1) is 14.9. The van der Waals surface area contributed by atoms with Crippen molar-refractivity contribution in [1.82, 2.24) is 9.88 Å². The molecule has 0 atom stereocenters. The van der Waals surface area contributed by atoms with Crippen molar-refractivity contribution in [2.75, 3.05) is 31.6 Å². The van der Waals surface area contributed by atoms with Gasteiger partial charge in [0.15, 0.2) is 0 Å². The molecule has 7 heteroatoms. The molecule has 2 aromatic rings. The fourth-order valence-corrected chi connectivity index (χ4v) is 4.70. The van der Waals surface area contributed by atoms with Gasteiger partial charge in [-0.25, -0.2) is 0 Å². The highest BCUT2D eigenvalue weighted by Crippen LogP contribution is 2.45. The maximum absolute atomic E-state index is 12.8. The largest absolute Gasteiger partial charge is 0.491 e. The van der Waals surface area contributed by atoms with Crippen molar-refractivity contribution in [3.05, 3.63) is 52.3 Å². The predicted molar refractivity (Wildman–Crippen MR) is 121 cm³/mol. The Morgan fingerprint density at radius 2 is 2.06 bits per heavy atom. The summed E-state index contributed by atoms with van der Waals surface area (Å²) in [6.45, 7) is 6.56. The highest BCUT2D eigenvalue weighted by atomic mass is 35.5. The number of ketones is 1. The Bertz CT molecular complexity index is 1000. The van der Waals surface area contributed by atoms with Crippen LogP contribution in [0.2, 0.25) is 5.02 Å². The van der Waals surface area contributed by atoms with Crippen molar-refractivity contribution in [3.8, 4) is 5.75 Å². The summed E-state index contributed by atoms with van der Waals surface area (Å²) in [5, 5.41) is 3.69. The van der Waals surface area contributed by atoms with E-state index in [1.807, 2.05) is 31.2 Å². The number of pyridine rings is 1. The maximum atomic E-state index is 12.8. The SMILES string of the molecule is CC(=O)CCc1cc(OCCN2CCC3(CC2)C(=O)Nc2ccc(Cl)cc23)cnc1C. The number of Topliss-reactive ketones (excluding diaryl/α,β-unsaturated/α-hetero) is 1. The normalized spacial score (nSPS) is 17.5. The predicted octanol–water partition coefficient (Wildman–Crippen LogP) is 3.93. The molecular formula is C24H28ClN3O3. The Balaban J connectivity index is 1.31. The van der Waals surface area contributed by atoms with E-state index in [0.29, 0.717) is 24.5 Å². The molecule has 1 N–H and O–H groups in total. The summed E-state index contributed by atoms with van der Waals surface area (Å²) in [4.78, 5) is 30.8. The number of ether oxygens (including phenoxy) is 1. The molecule has 0 aliphatic carbocycles. The molecular weight excluding hydrogens is 414 g/mol. The average molecular weight is 442 g/mol. The molecule has 1 aromatic heterocycles. The maximum Gasteiger partial charge on any atom is 0.235 e. The number of aromatic nitrogens is 1. The molecule has 3 heterocycles. The van der Waals surface area contributed by atoms with E-state index in [0.717, 1.165) is 60.7 Å². The monoisotopic (exact) mass is 441 g/mol. The molecule has 1 spiro atoms. The van der Waals surface area contributed by atoms with Crippen LogP contribution in [0.15, 0.2) is 30.5 Å². The van der Waals surface area contributed by atoms with Gasteiger partial charge in [-0.05, 0) is 81.6 Å². The molecule has 31 heavy (non-hydrogen) atoms. The number of hydrogen-bond acceptors (Lipinski definition) is 5. The van der Waals surface area contributed by atoms with Crippen molar-refractivity contribution < 1.29 is 14.3 Å². The molecule has 2 aliphatic rings. The summed E-state index contributed by atoms with van der Waals surface area (Å²) in [5.74, 6) is 0.996. The average Bonchev–Trinajstić information content (AvgIpc) is 3.00. The summed E-state index contributed by atoms with van der Waals surface area (Å²) >= 11 is 6.20. The van der Waals surface area contributed by atoms with Gasteiger partial charge in [-0.1, -0.05) is 11.6 Å². The van der Waals surface area contributed by atoms with Gasteiger partial charge >= 0.3 is 0 Å². The van der Waals surface area contributed by atoms with Gasteiger partial charge in [0.25, 0.3) is 0 Å². The Morgan fingerprint density at radius 3 is 2.81 bits per heavy atom. The van der Waals surface area contributed by atoms with Crippen LogP contribution in [0.3, 0.4) is 0 Å². The van der Waals surface area contributed by atoms with Crippen LogP contribution < -0.4 is 10.1 Å². The summed E-state index contributed by atoms with van der Waals surface area (Å²) in [5.41, 5.74) is 3.44. The van der Waals surface area contributed by atoms with Crippen LogP contribution in [0.1, 0.15) is 43.0 Å². The number of piperidine rings is 1. The van der Waals surface area contributed by atoms with E-state index in [4.69, 9.17) is 16.3 Å². The minimum atomic E-state index is -0.468. The summed E-state index contributed by atoms with van der Waals surface area (Å²) in [6.07, 6.45) is 4.48. The lowest BCUT2D eigenvalue weighted by Crippen LogP contribution is -2.47. The van der Waals surface area contributed by atoms with Gasteiger partial charge in [0.05, 0.1) is 11.6 Å². The Labute approximate surface area is 187 Å². The molecule has 0 saturated carbocycles. The third-order valence-corrected chi connectivity index (χ3v) is 6.71. The summed E-state index contributed by atoms with van der Waals surface area (Å²) < 4.78 is 5.94. The number of hydrogen-bond donors (Lipinski definition) is 1. The first-order valence-electron chi connectivity index (χ1n) is 10.8. The number of carbonyl (C=O) groups excluding carboxylic acids is 2. The van der Waals surface area contributed by atoms with E-state index >= 15 is 0 Å². The quantitative estimate of drug-likeness (QED) is 0.704. The van der Waals surface area contributed by atoms with Crippen molar-refractivity contribution >= 4 is 29.0 Å². The van der Waals surface area contributed by atoms with Crippen LogP contribution in [0.5, 0.6) is 5.75 Å². The van der Waals surface area contributed by atoms with E-state index in [1.165, 1.54) is 0 Å². The Morgan fingerprint density at radius 1 is 1.29 bits per heavy atom. The van der Waals surface area contributed by atoms with Gasteiger partial charge in [-0.3, -0.25) is 14.7 Å². The van der Waals surface area contributed by atoms with Crippen LogP contribution in [-0.2, 0) is 21.4 Å². The van der Waals surface area contributed by atoms with Crippen LogP contribution in [0.25, 0.3) is 0 Å². The van der Waals surface area contributed by atoms with Crippen molar-refractivity contribution in [3.63, 3.8) is 0 Å². The molecule has 1 amide bonds. The number of rotatable bonds is 7. The fraction of sp³-hybridized carbons (Fsp3) is 0.458. The number of carbonyl (C=O) groups is 2. The highest BCUT2D eigenvalue weighted by molar-refractivity contribution is 6.31. The van der Waals surface area contributed by atoms with E-state index in [1.54, 1.807) is 13.1 Å². The van der Waals surface area contributed by atoms with Crippen LogP contribution in [0, 0.1) is 6.92 Å². The Kier molecular flexibility index (Phi) is 6.30. The number of likely N-dealkylation sites (tertiary alicyclic amines) is 1. The zero-order chi connectivity index (χ0) is 22.0. The first kappa shape index (κ1) is 21.8. The topological polar surface area (TPSA) is 71.5 Å². The van der Waals surface area contributed by atoms with E-state index < -0.39 is 5.41 Å². The second kappa shape index (κ2) is 8.97. The van der Waals surface area contributed by atoms with E-state index in [-0.39, 0.29) is 11.7 Å². The number of anilines is 1. The zero-order valence-corrected chi connectivity index (χ0v) is 18.8. The van der Waals surface area contributed by atoms with Crippen LogP contribution in [0.4, 0.5) is 5.69 Å². The highest BCUT2D eigenvalue weighted by Gasteiger charge is 2.48. The Hall–Kier alpha value is -2.44. The molecule has 1 aromatic carbocycles. The third-order valence-electron chi connectivity index (χ3n) is 6.48. The molecule has 1 fully saturated rings. The second-order valence-electron chi connectivity index (χ2n) is 8.53. The zero-order valence-electron chi connectivity index (χ0n) is 18.0. The minimum Gasteiger partial charge on any atom is -0.491 e. The van der Waals surface area contributed by atoms with Crippen LogP contribution >= 0.6 is 11.6 Å². The molecule has 4 rings (SSSR count). The molecule has 0 bridgehead atoms. The van der Waals surface area contributed by atoms with Crippen LogP contribution in [-0.4, -0.2) is 47.8 Å². The third kappa shape index (κ3) is 4.60. The van der Waals surface area contributed by atoms with Gasteiger partial charge in [0, 0.05) is 29.4 Å². The molecule has 0 radical (unpaired) electrons. The number of fused-ring (bicyclic) bond motifs is 2. The smallest absolute Gasteiger partial charge is 0.235 e. The lowest BCUT2D eigenvalue weighted by atomic mass is 9.73. The van der Waals surface area contributed by atoms with Gasteiger partial charge in [-0.2, -0.15) is 0 Å². The lowest BCUT2D eigenvalue weighted by Gasteiger charge is -2.37. The second-order valence-corrected chi connectivity index (χ2v) is 8.97. The minimum absolute atomic E-state index is 0.0875. The molecule has 1 saturated heterocycles. The summed E-state index contributed by atoms with van der Waals surface area (Å²) in [7, 11) is 0.